The molecule has 0 unspecified atom stereocenters. The molecule has 4 nitrogen and oxygen atoms in total. The van der Waals surface area contributed by atoms with Gasteiger partial charge in [-0.1, -0.05) is 31.0 Å². The molecular weight excluding hydrogens is 288 g/mol. The zero-order valence-electron chi connectivity index (χ0n) is 14.7. The molecule has 0 radical (unpaired) electrons. The van der Waals surface area contributed by atoms with E-state index in [9.17, 15) is 4.79 Å². The molecule has 1 aromatic carbocycles. The molecule has 0 spiro atoms. The Morgan fingerprint density at radius 2 is 2.04 bits per heavy atom. The van der Waals surface area contributed by atoms with Crippen LogP contribution in [0.1, 0.15) is 43.7 Å². The molecule has 1 amide bonds. The first-order valence-electron chi connectivity index (χ1n) is 8.77. The topological polar surface area (TPSA) is 41.6 Å². The maximum Gasteiger partial charge on any atom is 0.224 e. The normalized spacial score (nSPS) is 16.8. The number of ether oxygens (including phenoxy) is 1. The average Bonchev–Trinajstić information content (AvgIpc) is 2.55. The minimum atomic E-state index is 0.0813. The fraction of sp³-hybridized carbons (Fsp3) is 0.632. The highest BCUT2D eigenvalue weighted by Gasteiger charge is 2.18. The lowest BCUT2D eigenvalue weighted by atomic mass is 10.1. The van der Waals surface area contributed by atoms with E-state index in [1.807, 2.05) is 25.1 Å². The van der Waals surface area contributed by atoms with Gasteiger partial charge in [-0.3, -0.25) is 4.79 Å². The third-order valence-corrected chi connectivity index (χ3v) is 4.57. The second-order valence-corrected chi connectivity index (χ2v) is 6.53. The molecule has 1 atom stereocenters. The first-order valence-corrected chi connectivity index (χ1v) is 8.77. The number of carbonyl (C=O) groups is 1. The van der Waals surface area contributed by atoms with Crippen molar-refractivity contribution < 1.29 is 9.53 Å². The van der Waals surface area contributed by atoms with Crippen LogP contribution in [0.2, 0.25) is 0 Å². The van der Waals surface area contributed by atoms with E-state index in [0.29, 0.717) is 6.42 Å². The Morgan fingerprint density at radius 1 is 1.30 bits per heavy atom. The molecular formula is C19H30N2O2. The molecule has 0 bridgehead atoms. The molecule has 1 heterocycles. The molecule has 1 N–H and O–H groups in total. The van der Waals surface area contributed by atoms with Crippen LogP contribution in [-0.2, 0) is 11.2 Å². The van der Waals surface area contributed by atoms with Crippen LogP contribution in [0.3, 0.4) is 0 Å². The Hall–Kier alpha value is -1.55. The van der Waals surface area contributed by atoms with Gasteiger partial charge in [-0.25, -0.2) is 0 Å². The lowest BCUT2D eigenvalue weighted by Gasteiger charge is -2.30. The third-order valence-electron chi connectivity index (χ3n) is 4.57. The number of likely N-dealkylation sites (tertiary alicyclic amines) is 1. The van der Waals surface area contributed by atoms with Gasteiger partial charge in [0.2, 0.25) is 5.91 Å². The summed E-state index contributed by atoms with van der Waals surface area (Å²) in [7, 11) is 1.65. The maximum atomic E-state index is 12.4. The summed E-state index contributed by atoms with van der Waals surface area (Å²) in [6.45, 7) is 7.47. The minimum absolute atomic E-state index is 0.0813. The zero-order valence-corrected chi connectivity index (χ0v) is 14.7. The van der Waals surface area contributed by atoms with Gasteiger partial charge >= 0.3 is 0 Å². The summed E-state index contributed by atoms with van der Waals surface area (Å²) >= 11 is 0. The molecule has 0 aliphatic carbocycles. The van der Waals surface area contributed by atoms with E-state index in [2.05, 4.69) is 17.1 Å². The molecule has 4 heteroatoms. The van der Waals surface area contributed by atoms with Crippen molar-refractivity contribution in [3.8, 4) is 5.75 Å². The summed E-state index contributed by atoms with van der Waals surface area (Å²) in [6, 6.07) is 6.20. The van der Waals surface area contributed by atoms with E-state index < -0.39 is 0 Å². The predicted octanol–water partition coefficient (Wildman–Crippen LogP) is 2.93. The van der Waals surface area contributed by atoms with Crippen LogP contribution in [0.25, 0.3) is 0 Å². The summed E-state index contributed by atoms with van der Waals surface area (Å²) in [5.74, 6) is 0.868. The fourth-order valence-corrected chi connectivity index (χ4v) is 3.23. The molecule has 1 aliphatic heterocycles. The lowest BCUT2D eigenvalue weighted by Crippen LogP contribution is -2.45. The second kappa shape index (κ2) is 8.92. The van der Waals surface area contributed by atoms with Crippen LogP contribution in [0.15, 0.2) is 18.2 Å². The molecule has 0 saturated carbocycles. The van der Waals surface area contributed by atoms with Crippen molar-refractivity contribution in [3.05, 3.63) is 29.3 Å². The van der Waals surface area contributed by atoms with Crippen molar-refractivity contribution >= 4 is 5.91 Å². The smallest absolute Gasteiger partial charge is 0.224 e. The van der Waals surface area contributed by atoms with Gasteiger partial charge < -0.3 is 15.0 Å². The maximum absolute atomic E-state index is 12.4. The molecule has 2 rings (SSSR count). The van der Waals surface area contributed by atoms with Crippen molar-refractivity contribution in [1.29, 1.82) is 0 Å². The van der Waals surface area contributed by atoms with Crippen LogP contribution < -0.4 is 10.1 Å². The van der Waals surface area contributed by atoms with Crippen molar-refractivity contribution in [2.24, 2.45) is 0 Å². The van der Waals surface area contributed by atoms with Crippen molar-refractivity contribution in [2.45, 2.75) is 52.0 Å². The Labute approximate surface area is 140 Å². The van der Waals surface area contributed by atoms with E-state index in [1.165, 1.54) is 19.3 Å². The number of amides is 1. The van der Waals surface area contributed by atoms with Gasteiger partial charge in [0, 0.05) is 18.2 Å². The molecule has 128 valence electrons. The third kappa shape index (κ3) is 5.54. The van der Waals surface area contributed by atoms with Crippen LogP contribution in [0.5, 0.6) is 5.75 Å². The van der Waals surface area contributed by atoms with Crippen molar-refractivity contribution in [3.63, 3.8) is 0 Å². The van der Waals surface area contributed by atoms with Crippen LogP contribution in [0, 0.1) is 6.92 Å². The molecule has 0 aromatic heterocycles. The molecule has 1 saturated heterocycles. The fourth-order valence-electron chi connectivity index (χ4n) is 3.23. The number of rotatable bonds is 7. The summed E-state index contributed by atoms with van der Waals surface area (Å²) in [4.78, 5) is 14.9. The van der Waals surface area contributed by atoms with Crippen molar-refractivity contribution in [1.82, 2.24) is 10.2 Å². The molecule has 23 heavy (non-hydrogen) atoms. The van der Waals surface area contributed by atoms with Gasteiger partial charge in [-0.2, -0.15) is 0 Å². The highest BCUT2D eigenvalue weighted by atomic mass is 16.5. The summed E-state index contributed by atoms with van der Waals surface area (Å²) in [5.41, 5.74) is 2.10. The number of piperidine rings is 1. The summed E-state index contributed by atoms with van der Waals surface area (Å²) < 4.78 is 5.37. The zero-order chi connectivity index (χ0) is 16.7. The highest BCUT2D eigenvalue weighted by Crippen LogP contribution is 2.20. The Kier molecular flexibility index (Phi) is 6.90. The predicted molar refractivity (Wildman–Crippen MR) is 93.9 cm³/mol. The summed E-state index contributed by atoms with van der Waals surface area (Å²) in [6.07, 6.45) is 5.25. The van der Waals surface area contributed by atoms with Gasteiger partial charge in [0.25, 0.3) is 0 Å². The van der Waals surface area contributed by atoms with Crippen molar-refractivity contribution in [2.75, 3.05) is 26.7 Å². The number of aryl methyl sites for hydroxylation is 1. The van der Waals surface area contributed by atoms with E-state index in [-0.39, 0.29) is 11.9 Å². The van der Waals surface area contributed by atoms with Gasteiger partial charge in [0.1, 0.15) is 5.75 Å². The van der Waals surface area contributed by atoms with Crippen LogP contribution in [-0.4, -0.2) is 43.6 Å². The lowest BCUT2D eigenvalue weighted by molar-refractivity contribution is -0.121. The van der Waals surface area contributed by atoms with E-state index in [1.54, 1.807) is 7.11 Å². The Morgan fingerprint density at radius 3 is 2.70 bits per heavy atom. The largest absolute Gasteiger partial charge is 0.496 e. The molecule has 1 aliphatic rings. The number of hydrogen-bond donors (Lipinski definition) is 1. The molecule has 1 aromatic rings. The first-order chi connectivity index (χ1) is 11.1. The van der Waals surface area contributed by atoms with Gasteiger partial charge in [-0.15, -0.1) is 0 Å². The van der Waals surface area contributed by atoms with Crippen LogP contribution >= 0.6 is 0 Å². The quantitative estimate of drug-likeness (QED) is 0.840. The van der Waals surface area contributed by atoms with Crippen LogP contribution in [0.4, 0.5) is 0 Å². The number of nitrogens with zero attached hydrogens (tertiary/aromatic N) is 1. The number of methoxy groups -OCH3 is 1. The Bertz CT molecular complexity index is 510. The number of carbonyl (C=O) groups excluding carboxylic acids is 1. The number of benzene rings is 1. The molecule has 1 fully saturated rings. The van der Waals surface area contributed by atoms with E-state index in [4.69, 9.17) is 4.74 Å². The number of nitrogens with one attached hydrogen (secondary N) is 1. The minimum Gasteiger partial charge on any atom is -0.496 e. The van der Waals surface area contributed by atoms with Gasteiger partial charge in [-0.05, 0) is 45.3 Å². The van der Waals surface area contributed by atoms with Gasteiger partial charge in [0.05, 0.1) is 13.5 Å². The summed E-state index contributed by atoms with van der Waals surface area (Å²) in [5, 5.41) is 3.20. The SMILES string of the molecule is CC[C@H](CN1CCCCC1)NC(=O)Cc1cc(C)ccc1OC. The highest BCUT2D eigenvalue weighted by molar-refractivity contribution is 5.79. The Balaban J connectivity index is 1.90. The van der Waals surface area contributed by atoms with E-state index >= 15 is 0 Å². The monoisotopic (exact) mass is 318 g/mol. The average molecular weight is 318 g/mol. The standard InChI is InChI=1S/C19H30N2O2/c1-4-17(14-21-10-6-5-7-11-21)20-19(22)13-16-12-15(2)8-9-18(16)23-3/h8-9,12,17H,4-7,10-11,13-14H2,1-3H3,(H,20,22)/t17-/m1/s1. The first kappa shape index (κ1) is 17.8. The number of hydrogen-bond acceptors (Lipinski definition) is 3. The second-order valence-electron chi connectivity index (χ2n) is 6.53. The van der Waals surface area contributed by atoms with E-state index in [0.717, 1.165) is 42.9 Å². The van der Waals surface area contributed by atoms with Gasteiger partial charge in [0.15, 0.2) is 0 Å².